The third-order valence-corrected chi connectivity index (χ3v) is 5.39. The highest BCUT2D eigenvalue weighted by Gasteiger charge is 2.20. The third kappa shape index (κ3) is 3.12. The van der Waals surface area contributed by atoms with E-state index in [-0.39, 0.29) is 15.5 Å². The highest BCUT2D eigenvalue weighted by atomic mass is 35.5. The van der Waals surface area contributed by atoms with Gasteiger partial charge in [0.2, 0.25) is 0 Å². The molecule has 0 amide bonds. The molecule has 0 aliphatic carbocycles. The summed E-state index contributed by atoms with van der Waals surface area (Å²) in [7, 11) is -2.53. The normalized spacial score (nSPS) is 11.1. The smallest absolute Gasteiger partial charge is 0.339 e. The first-order chi connectivity index (χ1) is 9.44. The molecule has 1 aromatic heterocycles. The van der Waals surface area contributed by atoms with Crippen molar-refractivity contribution in [1.82, 2.24) is 0 Å². The molecule has 106 valence electrons. The van der Waals surface area contributed by atoms with Gasteiger partial charge in [-0.15, -0.1) is 11.3 Å². The van der Waals surface area contributed by atoms with Crippen molar-refractivity contribution in [3.63, 3.8) is 0 Å². The van der Waals surface area contributed by atoms with Crippen LogP contribution in [0, 0.1) is 0 Å². The Morgan fingerprint density at radius 3 is 2.70 bits per heavy atom. The first kappa shape index (κ1) is 14.8. The van der Waals surface area contributed by atoms with Crippen LogP contribution in [0.3, 0.4) is 0 Å². The molecule has 0 aliphatic rings. The van der Waals surface area contributed by atoms with Crippen molar-refractivity contribution in [2.75, 3.05) is 11.8 Å². The fourth-order valence-electron chi connectivity index (χ4n) is 1.50. The number of sulfonamides is 1. The number of benzene rings is 1. The average molecular weight is 332 g/mol. The Morgan fingerprint density at radius 2 is 2.10 bits per heavy atom. The van der Waals surface area contributed by atoms with Crippen LogP contribution in [0.1, 0.15) is 10.4 Å². The van der Waals surface area contributed by atoms with Crippen LogP contribution in [0.15, 0.2) is 39.9 Å². The summed E-state index contributed by atoms with van der Waals surface area (Å²) < 4.78 is 31.4. The molecule has 0 unspecified atom stereocenters. The molecule has 0 fully saturated rings. The summed E-state index contributed by atoms with van der Waals surface area (Å²) in [6, 6.07) is 7.34. The average Bonchev–Trinajstić information content (AvgIpc) is 2.92. The molecule has 0 atom stereocenters. The molecule has 1 aromatic carbocycles. The minimum atomic E-state index is -3.75. The predicted octanol–water partition coefficient (Wildman–Crippen LogP) is 2.99. The molecule has 1 heterocycles. The zero-order valence-corrected chi connectivity index (χ0v) is 12.7. The number of nitrogens with one attached hydrogen (secondary N) is 1. The maximum absolute atomic E-state index is 12.1. The summed E-state index contributed by atoms with van der Waals surface area (Å²) in [6.45, 7) is 0. The van der Waals surface area contributed by atoms with Crippen LogP contribution in [0.25, 0.3) is 0 Å². The van der Waals surface area contributed by atoms with Gasteiger partial charge in [-0.2, -0.15) is 0 Å². The van der Waals surface area contributed by atoms with E-state index in [0.29, 0.717) is 5.02 Å². The minimum absolute atomic E-state index is 0.0813. The van der Waals surface area contributed by atoms with E-state index in [4.69, 9.17) is 11.6 Å². The van der Waals surface area contributed by atoms with Gasteiger partial charge in [0.05, 0.1) is 18.4 Å². The Labute approximate surface area is 125 Å². The van der Waals surface area contributed by atoms with Gasteiger partial charge in [0.15, 0.2) is 0 Å². The molecule has 5 nitrogen and oxygen atoms in total. The molecule has 0 aliphatic heterocycles. The van der Waals surface area contributed by atoms with E-state index < -0.39 is 16.0 Å². The zero-order valence-electron chi connectivity index (χ0n) is 10.3. The third-order valence-electron chi connectivity index (χ3n) is 2.39. The van der Waals surface area contributed by atoms with Crippen LogP contribution in [0.5, 0.6) is 0 Å². The van der Waals surface area contributed by atoms with E-state index in [2.05, 4.69) is 9.46 Å². The lowest BCUT2D eigenvalue weighted by atomic mass is 10.2. The number of carbonyl (C=O) groups excluding carboxylic acids is 1. The van der Waals surface area contributed by atoms with Crippen LogP contribution in [0.4, 0.5) is 5.69 Å². The summed E-state index contributed by atoms with van der Waals surface area (Å²) in [5.74, 6) is -0.648. The second kappa shape index (κ2) is 5.82. The Kier molecular flexibility index (Phi) is 4.32. The van der Waals surface area contributed by atoms with E-state index in [1.807, 2.05) is 0 Å². The molecule has 2 rings (SSSR count). The molecule has 1 N–H and O–H groups in total. The maximum atomic E-state index is 12.1. The first-order valence-electron chi connectivity index (χ1n) is 5.38. The van der Waals surface area contributed by atoms with E-state index >= 15 is 0 Å². The number of anilines is 1. The fraction of sp³-hybridized carbons (Fsp3) is 0.0833. The predicted molar refractivity (Wildman–Crippen MR) is 77.9 cm³/mol. The van der Waals surface area contributed by atoms with Crippen LogP contribution in [0.2, 0.25) is 5.02 Å². The van der Waals surface area contributed by atoms with Crippen LogP contribution >= 0.6 is 22.9 Å². The van der Waals surface area contributed by atoms with Crippen molar-refractivity contribution < 1.29 is 17.9 Å². The molecular formula is C12H10ClNO4S2. The summed E-state index contributed by atoms with van der Waals surface area (Å²) in [6.07, 6.45) is 0. The fourth-order valence-corrected chi connectivity index (χ4v) is 3.74. The summed E-state index contributed by atoms with van der Waals surface area (Å²) >= 11 is 6.91. The number of thiophene rings is 1. The van der Waals surface area contributed by atoms with Gasteiger partial charge in [-0.25, -0.2) is 13.2 Å². The molecule has 0 saturated carbocycles. The van der Waals surface area contributed by atoms with Gasteiger partial charge < -0.3 is 4.74 Å². The number of esters is 1. The highest BCUT2D eigenvalue weighted by molar-refractivity contribution is 7.94. The summed E-state index contributed by atoms with van der Waals surface area (Å²) in [5.41, 5.74) is 0.176. The molecule has 0 spiro atoms. The molecule has 2 aromatic rings. The van der Waals surface area contributed by atoms with E-state index in [1.165, 1.54) is 31.4 Å². The van der Waals surface area contributed by atoms with E-state index in [0.717, 1.165) is 11.3 Å². The molecule has 0 radical (unpaired) electrons. The number of hydrogen-bond donors (Lipinski definition) is 1. The SMILES string of the molecule is COC(=O)c1ccc(Cl)cc1NS(=O)(=O)c1cccs1. The van der Waals surface area contributed by atoms with Crippen molar-refractivity contribution in [3.8, 4) is 0 Å². The van der Waals surface area contributed by atoms with Crippen LogP contribution in [-0.2, 0) is 14.8 Å². The molecular weight excluding hydrogens is 322 g/mol. The van der Waals surface area contributed by atoms with E-state index in [9.17, 15) is 13.2 Å². The first-order valence-corrected chi connectivity index (χ1v) is 8.12. The molecule has 0 bridgehead atoms. The number of halogens is 1. The van der Waals surface area contributed by atoms with Crippen molar-refractivity contribution in [2.24, 2.45) is 0 Å². The van der Waals surface area contributed by atoms with Gasteiger partial charge in [0.1, 0.15) is 4.21 Å². The topological polar surface area (TPSA) is 72.5 Å². The number of ether oxygens (including phenoxy) is 1. The lowest BCUT2D eigenvalue weighted by Gasteiger charge is -2.10. The lowest BCUT2D eigenvalue weighted by Crippen LogP contribution is -2.15. The van der Waals surface area contributed by atoms with Gasteiger partial charge in [-0.1, -0.05) is 17.7 Å². The Morgan fingerprint density at radius 1 is 1.35 bits per heavy atom. The minimum Gasteiger partial charge on any atom is -0.465 e. The summed E-state index contributed by atoms with van der Waals surface area (Å²) in [5, 5.41) is 1.95. The molecule has 0 saturated heterocycles. The largest absolute Gasteiger partial charge is 0.465 e. The standard InChI is InChI=1S/C12H10ClNO4S2/c1-18-12(15)9-5-4-8(13)7-10(9)14-20(16,17)11-3-2-6-19-11/h2-7,14H,1H3. The van der Waals surface area contributed by atoms with Crippen LogP contribution < -0.4 is 4.72 Å². The van der Waals surface area contributed by atoms with Gasteiger partial charge in [-0.3, -0.25) is 4.72 Å². The van der Waals surface area contributed by atoms with Gasteiger partial charge >= 0.3 is 5.97 Å². The van der Waals surface area contributed by atoms with Crippen LogP contribution in [-0.4, -0.2) is 21.5 Å². The lowest BCUT2D eigenvalue weighted by molar-refractivity contribution is 0.0602. The highest BCUT2D eigenvalue weighted by Crippen LogP contribution is 2.26. The quantitative estimate of drug-likeness (QED) is 0.874. The van der Waals surface area contributed by atoms with Gasteiger partial charge in [0, 0.05) is 5.02 Å². The molecule has 20 heavy (non-hydrogen) atoms. The van der Waals surface area contributed by atoms with Crippen molar-refractivity contribution >= 4 is 44.6 Å². The Bertz CT molecular complexity index is 726. The number of hydrogen-bond acceptors (Lipinski definition) is 5. The number of methoxy groups -OCH3 is 1. The number of rotatable bonds is 4. The number of carbonyl (C=O) groups is 1. The van der Waals surface area contributed by atoms with Crippen molar-refractivity contribution in [3.05, 3.63) is 46.3 Å². The maximum Gasteiger partial charge on any atom is 0.339 e. The Hall–Kier alpha value is -1.57. The zero-order chi connectivity index (χ0) is 14.8. The summed E-state index contributed by atoms with van der Waals surface area (Å²) in [4.78, 5) is 11.6. The van der Waals surface area contributed by atoms with Gasteiger partial charge in [-0.05, 0) is 29.6 Å². The van der Waals surface area contributed by atoms with Crippen molar-refractivity contribution in [2.45, 2.75) is 4.21 Å². The van der Waals surface area contributed by atoms with E-state index in [1.54, 1.807) is 11.4 Å². The second-order valence-electron chi connectivity index (χ2n) is 3.72. The molecule has 8 heteroatoms. The second-order valence-corrected chi connectivity index (χ2v) is 7.01. The van der Waals surface area contributed by atoms with Crippen molar-refractivity contribution in [1.29, 1.82) is 0 Å². The Balaban J connectivity index is 2.43. The monoisotopic (exact) mass is 331 g/mol. The van der Waals surface area contributed by atoms with Gasteiger partial charge in [0.25, 0.3) is 10.0 Å².